The lowest BCUT2D eigenvalue weighted by atomic mass is 9.56. The van der Waals surface area contributed by atoms with Crippen LogP contribution in [0.1, 0.15) is 60.0 Å². The number of amides is 2. The van der Waals surface area contributed by atoms with Crippen LogP contribution in [0.25, 0.3) is 0 Å². The summed E-state index contributed by atoms with van der Waals surface area (Å²) in [6.45, 7) is 0.370. The Kier molecular flexibility index (Phi) is 8.76. The third-order valence-corrected chi connectivity index (χ3v) is 8.82. The Hall–Kier alpha value is -2.78. The molecule has 2 aromatic rings. The van der Waals surface area contributed by atoms with Gasteiger partial charge in [0.25, 0.3) is 17.4 Å². The van der Waals surface area contributed by atoms with Crippen molar-refractivity contribution in [3.63, 3.8) is 0 Å². The van der Waals surface area contributed by atoms with E-state index in [0.29, 0.717) is 29.3 Å². The lowest BCUT2D eigenvalue weighted by Gasteiger charge is -2.53. The fourth-order valence-electron chi connectivity index (χ4n) is 6.17. The van der Waals surface area contributed by atoms with Crippen LogP contribution >= 0.6 is 11.6 Å². The summed E-state index contributed by atoms with van der Waals surface area (Å²) in [5.41, 5.74) is -2.57. The Balaban J connectivity index is 1.28. The average molecular weight is 581 g/mol. The highest BCUT2D eigenvalue weighted by molar-refractivity contribution is 6.33. The molecule has 2 amide bonds. The summed E-state index contributed by atoms with van der Waals surface area (Å²) in [6.07, 6.45) is 0.904. The molecular weight excluding hydrogens is 545 g/mol. The smallest absolute Gasteiger partial charge is 0.430 e. The topological polar surface area (TPSA) is 70.1 Å². The maximum atomic E-state index is 14.1. The average Bonchev–Trinajstić information content (AvgIpc) is 2.90. The van der Waals surface area contributed by atoms with Crippen molar-refractivity contribution in [1.29, 1.82) is 0 Å². The summed E-state index contributed by atoms with van der Waals surface area (Å²) >= 11 is 6.32. The second kappa shape index (κ2) is 11.6. The second-order valence-corrected chi connectivity index (χ2v) is 11.8. The molecule has 40 heavy (non-hydrogen) atoms. The van der Waals surface area contributed by atoms with Crippen molar-refractivity contribution in [1.82, 2.24) is 9.80 Å². The van der Waals surface area contributed by atoms with Gasteiger partial charge in [-0.1, -0.05) is 36.2 Å². The van der Waals surface area contributed by atoms with E-state index in [1.54, 1.807) is 20.2 Å². The molecule has 1 spiro atoms. The quantitative estimate of drug-likeness (QED) is 0.426. The summed E-state index contributed by atoms with van der Waals surface area (Å²) in [5.74, 6) is -0.801. The van der Waals surface area contributed by atoms with Crippen LogP contribution < -0.4 is 4.74 Å². The van der Waals surface area contributed by atoms with Crippen LogP contribution in [0.5, 0.6) is 5.75 Å². The van der Waals surface area contributed by atoms with Crippen LogP contribution in [0, 0.1) is 11.3 Å². The number of halogens is 4. The lowest BCUT2D eigenvalue weighted by molar-refractivity contribution is -0.262. The van der Waals surface area contributed by atoms with Crippen molar-refractivity contribution in [2.45, 2.75) is 56.7 Å². The third kappa shape index (κ3) is 5.96. The zero-order valence-corrected chi connectivity index (χ0v) is 23.8. The molecule has 2 aromatic carbocycles. The Morgan fingerprint density at radius 1 is 1.12 bits per heavy atom. The second-order valence-electron chi connectivity index (χ2n) is 11.4. The van der Waals surface area contributed by atoms with Gasteiger partial charge in [-0.05, 0) is 79.7 Å². The van der Waals surface area contributed by atoms with Crippen LogP contribution in [0.2, 0.25) is 5.02 Å². The van der Waals surface area contributed by atoms with Gasteiger partial charge in [-0.2, -0.15) is 13.2 Å². The first kappa shape index (κ1) is 30.2. The third-order valence-electron chi connectivity index (χ3n) is 8.51. The number of hydrogen-bond donors (Lipinski definition) is 1. The van der Waals surface area contributed by atoms with Crippen LogP contribution in [0.3, 0.4) is 0 Å². The fourth-order valence-corrected chi connectivity index (χ4v) is 6.45. The number of aliphatic hydroxyl groups is 1. The number of aryl methyl sites for hydroxylation is 1. The number of rotatable bonds is 8. The summed E-state index contributed by atoms with van der Waals surface area (Å²) in [4.78, 5) is 27.9. The van der Waals surface area contributed by atoms with Gasteiger partial charge in [0, 0.05) is 32.7 Å². The van der Waals surface area contributed by atoms with E-state index in [-0.39, 0.29) is 30.2 Å². The number of carbonyl (C=O) groups is 2. The molecular formula is C30H36ClF3N2O4. The van der Waals surface area contributed by atoms with Crippen LogP contribution in [-0.2, 0) is 16.8 Å². The number of piperidine rings is 1. The van der Waals surface area contributed by atoms with Gasteiger partial charge >= 0.3 is 6.18 Å². The van der Waals surface area contributed by atoms with Crippen LogP contribution in [0.15, 0.2) is 42.5 Å². The van der Waals surface area contributed by atoms with Crippen LogP contribution in [0.4, 0.5) is 13.2 Å². The normalized spacial score (nSPS) is 18.6. The molecule has 4 rings (SSSR count). The van der Waals surface area contributed by atoms with E-state index in [0.717, 1.165) is 54.7 Å². The molecule has 1 atom stereocenters. The summed E-state index contributed by atoms with van der Waals surface area (Å²) in [5, 5.41) is 11.2. The van der Waals surface area contributed by atoms with Gasteiger partial charge in [0.2, 0.25) is 0 Å². The number of methoxy groups -OCH3 is 1. The number of benzene rings is 2. The van der Waals surface area contributed by atoms with Crippen molar-refractivity contribution in [3.05, 3.63) is 64.2 Å². The highest BCUT2D eigenvalue weighted by Gasteiger charge is 2.62. The minimum absolute atomic E-state index is 0.0469. The summed E-state index contributed by atoms with van der Waals surface area (Å²) in [6, 6.07) is 10.5. The molecule has 10 heteroatoms. The maximum Gasteiger partial charge on any atom is 0.430 e. The van der Waals surface area contributed by atoms with Crippen molar-refractivity contribution in [3.8, 4) is 5.75 Å². The largest absolute Gasteiger partial charge is 0.497 e. The number of ether oxygens (including phenoxy) is 1. The summed E-state index contributed by atoms with van der Waals surface area (Å²) in [7, 11) is 4.68. The van der Waals surface area contributed by atoms with Crippen molar-refractivity contribution < 1.29 is 32.6 Å². The molecule has 218 valence electrons. The molecule has 2 fully saturated rings. The van der Waals surface area contributed by atoms with Gasteiger partial charge in [0.15, 0.2) is 0 Å². The minimum atomic E-state index is -5.18. The Morgan fingerprint density at radius 2 is 1.80 bits per heavy atom. The number of alkyl halides is 3. The van der Waals surface area contributed by atoms with Crippen molar-refractivity contribution >= 4 is 23.4 Å². The molecule has 1 heterocycles. The molecule has 1 aliphatic carbocycles. The minimum Gasteiger partial charge on any atom is -0.497 e. The molecule has 1 saturated heterocycles. The lowest BCUT2D eigenvalue weighted by Crippen LogP contribution is -2.58. The number of hydrogen-bond acceptors (Lipinski definition) is 4. The van der Waals surface area contributed by atoms with Crippen molar-refractivity contribution in [2.24, 2.45) is 11.3 Å². The zero-order valence-electron chi connectivity index (χ0n) is 23.1. The van der Waals surface area contributed by atoms with E-state index < -0.39 is 23.2 Å². The molecule has 1 saturated carbocycles. The van der Waals surface area contributed by atoms with Crippen LogP contribution in [-0.4, -0.2) is 67.2 Å². The monoisotopic (exact) mass is 580 g/mol. The van der Waals surface area contributed by atoms with E-state index in [1.807, 2.05) is 12.1 Å². The molecule has 0 bridgehead atoms. The Morgan fingerprint density at radius 3 is 2.38 bits per heavy atom. The number of nitrogens with zero attached hydrogens (tertiary/aromatic N) is 2. The molecule has 1 unspecified atom stereocenters. The number of likely N-dealkylation sites (tertiary alicyclic amines) is 1. The molecule has 0 aromatic heterocycles. The van der Waals surface area contributed by atoms with Gasteiger partial charge in [-0.25, -0.2) is 0 Å². The first-order valence-electron chi connectivity index (χ1n) is 13.5. The van der Waals surface area contributed by atoms with E-state index in [4.69, 9.17) is 16.3 Å². The highest BCUT2D eigenvalue weighted by atomic mass is 35.5. The molecule has 1 N–H and O–H groups in total. The molecule has 1 aliphatic heterocycles. The predicted octanol–water partition coefficient (Wildman–Crippen LogP) is 5.84. The summed E-state index contributed by atoms with van der Waals surface area (Å²) < 4.78 is 47.3. The van der Waals surface area contributed by atoms with Gasteiger partial charge in [-0.3, -0.25) is 9.59 Å². The Labute approximate surface area is 238 Å². The number of carbonyl (C=O) groups excluding carboxylic acids is 2. The van der Waals surface area contributed by atoms with Gasteiger partial charge < -0.3 is 19.6 Å². The SMILES string of the molecule is COc1cccc(C(O)(C(=O)N2CCC3(CC2)CC(CCCc2ccc(C(=O)N(C)C)c(Cl)c2)C3)C(F)(F)F)c1. The van der Waals surface area contributed by atoms with Crippen molar-refractivity contribution in [2.75, 3.05) is 34.3 Å². The van der Waals surface area contributed by atoms with E-state index in [2.05, 4.69) is 0 Å². The molecule has 2 aliphatic rings. The highest BCUT2D eigenvalue weighted by Crippen LogP contribution is 2.54. The first-order chi connectivity index (χ1) is 18.8. The Bertz CT molecular complexity index is 1240. The standard InChI is InChI=1S/C30H36ClF3N2O4/c1-35(2)26(37)24-11-10-20(16-25(24)31)6-4-7-21-18-28(19-21)12-14-36(15-13-28)27(38)29(39,30(32,33)34)22-8-5-9-23(17-22)40-3/h5,8-11,16-17,21,39H,4,6-7,12-15,18-19H2,1-3H3. The first-order valence-corrected chi connectivity index (χ1v) is 13.9. The van der Waals surface area contributed by atoms with Gasteiger partial charge in [0.1, 0.15) is 5.75 Å². The predicted molar refractivity (Wildman–Crippen MR) is 146 cm³/mol. The molecule has 0 radical (unpaired) electrons. The van der Waals surface area contributed by atoms with E-state index in [9.17, 15) is 27.9 Å². The molecule has 6 nitrogen and oxygen atoms in total. The van der Waals surface area contributed by atoms with Gasteiger partial charge in [0.05, 0.1) is 17.7 Å². The fraction of sp³-hybridized carbons (Fsp3) is 0.533. The van der Waals surface area contributed by atoms with E-state index in [1.165, 1.54) is 24.1 Å². The maximum absolute atomic E-state index is 14.1. The van der Waals surface area contributed by atoms with E-state index >= 15 is 0 Å². The van der Waals surface area contributed by atoms with Gasteiger partial charge in [-0.15, -0.1) is 0 Å². The zero-order chi connectivity index (χ0) is 29.3.